The van der Waals surface area contributed by atoms with Crippen LogP contribution < -0.4 is 14.8 Å². The van der Waals surface area contributed by atoms with Gasteiger partial charge in [-0.05, 0) is 41.6 Å². The van der Waals surface area contributed by atoms with Crippen LogP contribution in [0.1, 0.15) is 28.8 Å². The van der Waals surface area contributed by atoms with Crippen LogP contribution in [-0.4, -0.2) is 28.1 Å². The summed E-state index contributed by atoms with van der Waals surface area (Å²) < 4.78 is 14.0. The lowest BCUT2D eigenvalue weighted by atomic mass is 9.84. The average Bonchev–Trinajstić information content (AvgIpc) is 3.30. The van der Waals surface area contributed by atoms with Crippen LogP contribution in [0, 0.1) is 0 Å². The SMILES string of the molecule is COc1ccc(C2C3=C(Nc4nc(SC)nn42)c2ccccc2OC3c2ccccc2)cc1. The first-order valence-electron chi connectivity index (χ1n) is 10.7. The molecule has 0 saturated carbocycles. The summed E-state index contributed by atoms with van der Waals surface area (Å²) in [4.78, 5) is 4.74. The van der Waals surface area contributed by atoms with Crippen molar-refractivity contribution in [3.63, 3.8) is 0 Å². The Hall–Kier alpha value is -3.71. The van der Waals surface area contributed by atoms with Crippen LogP contribution in [0.2, 0.25) is 0 Å². The van der Waals surface area contributed by atoms with Crippen molar-refractivity contribution in [2.24, 2.45) is 0 Å². The third-order valence-corrected chi connectivity index (χ3v) is 6.61. The third kappa shape index (κ3) is 3.27. The molecule has 0 saturated heterocycles. The van der Waals surface area contributed by atoms with Gasteiger partial charge in [0.1, 0.15) is 23.6 Å². The van der Waals surface area contributed by atoms with Gasteiger partial charge in [-0.25, -0.2) is 4.68 Å². The number of anilines is 1. The summed E-state index contributed by atoms with van der Waals surface area (Å²) in [5.74, 6) is 2.39. The van der Waals surface area contributed by atoms with Crippen LogP contribution in [0.4, 0.5) is 5.95 Å². The molecule has 164 valence electrons. The summed E-state index contributed by atoms with van der Waals surface area (Å²) in [6.45, 7) is 0. The molecule has 0 fully saturated rings. The van der Waals surface area contributed by atoms with Gasteiger partial charge in [0.2, 0.25) is 11.1 Å². The molecule has 0 spiro atoms. The Balaban J connectivity index is 1.62. The minimum Gasteiger partial charge on any atom is -0.497 e. The van der Waals surface area contributed by atoms with E-state index in [4.69, 9.17) is 19.6 Å². The second-order valence-electron chi connectivity index (χ2n) is 7.90. The average molecular weight is 455 g/mol. The monoisotopic (exact) mass is 454 g/mol. The molecular formula is C26H22N4O2S. The summed E-state index contributed by atoms with van der Waals surface area (Å²) in [6.07, 6.45) is 1.72. The van der Waals surface area contributed by atoms with Gasteiger partial charge in [0, 0.05) is 11.1 Å². The fourth-order valence-electron chi connectivity index (χ4n) is 4.55. The number of nitrogens with one attached hydrogen (secondary N) is 1. The summed E-state index contributed by atoms with van der Waals surface area (Å²) >= 11 is 1.53. The van der Waals surface area contributed by atoms with Crippen LogP contribution in [0.25, 0.3) is 5.70 Å². The zero-order valence-corrected chi connectivity index (χ0v) is 19.0. The first kappa shape index (κ1) is 19.9. The van der Waals surface area contributed by atoms with Crippen molar-refractivity contribution in [2.45, 2.75) is 17.3 Å². The van der Waals surface area contributed by atoms with Gasteiger partial charge in [0.05, 0.1) is 12.8 Å². The van der Waals surface area contributed by atoms with E-state index in [1.807, 2.05) is 59.5 Å². The molecule has 2 unspecified atom stereocenters. The molecule has 3 heterocycles. The van der Waals surface area contributed by atoms with Crippen molar-refractivity contribution in [2.75, 3.05) is 18.7 Å². The maximum atomic E-state index is 6.64. The maximum absolute atomic E-state index is 6.64. The lowest BCUT2D eigenvalue weighted by Gasteiger charge is -2.38. The highest BCUT2D eigenvalue weighted by Gasteiger charge is 2.41. The van der Waals surface area contributed by atoms with Gasteiger partial charge in [-0.2, -0.15) is 4.98 Å². The molecule has 7 heteroatoms. The van der Waals surface area contributed by atoms with E-state index < -0.39 is 0 Å². The molecule has 2 aliphatic rings. The van der Waals surface area contributed by atoms with E-state index in [0.29, 0.717) is 0 Å². The molecule has 2 atom stereocenters. The predicted molar refractivity (Wildman–Crippen MR) is 130 cm³/mol. The molecule has 1 aromatic heterocycles. The fourth-order valence-corrected chi connectivity index (χ4v) is 4.90. The van der Waals surface area contributed by atoms with Crippen molar-refractivity contribution >= 4 is 23.4 Å². The van der Waals surface area contributed by atoms with E-state index in [0.717, 1.165) is 50.6 Å². The number of para-hydroxylation sites is 1. The molecule has 0 radical (unpaired) electrons. The highest BCUT2D eigenvalue weighted by Crippen LogP contribution is 2.50. The lowest BCUT2D eigenvalue weighted by molar-refractivity contribution is 0.223. The zero-order valence-electron chi connectivity index (χ0n) is 18.2. The molecule has 1 N–H and O–H groups in total. The Morgan fingerprint density at radius 2 is 1.70 bits per heavy atom. The second kappa shape index (κ2) is 8.01. The Morgan fingerprint density at radius 3 is 2.45 bits per heavy atom. The standard InChI is InChI=1S/C26H22N4O2S/c1-31-18-14-12-16(13-15-18)23-21-22(27-25-28-26(33-2)29-30(23)25)19-10-6-7-11-20(19)32-24(21)17-8-4-3-5-9-17/h3-15,23-24H,1-2H3,(H,27,28,29). The van der Waals surface area contributed by atoms with Gasteiger partial charge < -0.3 is 14.8 Å². The van der Waals surface area contributed by atoms with E-state index >= 15 is 0 Å². The fraction of sp³-hybridized carbons (Fsp3) is 0.154. The summed E-state index contributed by atoms with van der Waals surface area (Å²) in [5, 5.41) is 9.14. The number of hydrogen-bond donors (Lipinski definition) is 1. The number of aromatic nitrogens is 3. The third-order valence-electron chi connectivity index (χ3n) is 6.08. The van der Waals surface area contributed by atoms with Crippen LogP contribution >= 0.6 is 11.8 Å². The molecule has 2 aliphatic heterocycles. The van der Waals surface area contributed by atoms with Crippen molar-refractivity contribution in [1.29, 1.82) is 0 Å². The Kier molecular flexibility index (Phi) is 4.84. The first-order chi connectivity index (χ1) is 16.3. The molecular weight excluding hydrogens is 432 g/mol. The van der Waals surface area contributed by atoms with Crippen LogP contribution in [-0.2, 0) is 0 Å². The minimum atomic E-state index is -0.272. The number of fused-ring (bicyclic) bond motifs is 3. The zero-order chi connectivity index (χ0) is 22.4. The number of rotatable bonds is 4. The molecule has 0 aliphatic carbocycles. The lowest BCUT2D eigenvalue weighted by Crippen LogP contribution is -2.32. The van der Waals surface area contributed by atoms with E-state index in [9.17, 15) is 0 Å². The number of nitrogens with zero attached hydrogens (tertiary/aromatic N) is 3. The molecule has 6 nitrogen and oxygen atoms in total. The molecule has 4 aromatic rings. The maximum Gasteiger partial charge on any atom is 0.227 e. The van der Waals surface area contributed by atoms with Gasteiger partial charge in [-0.15, -0.1) is 5.10 Å². The number of hydrogen-bond acceptors (Lipinski definition) is 6. The van der Waals surface area contributed by atoms with Gasteiger partial charge >= 0.3 is 0 Å². The van der Waals surface area contributed by atoms with E-state index in [2.05, 4.69) is 35.6 Å². The molecule has 3 aromatic carbocycles. The number of benzene rings is 3. The second-order valence-corrected chi connectivity index (χ2v) is 8.68. The Morgan fingerprint density at radius 1 is 0.939 bits per heavy atom. The molecule has 33 heavy (non-hydrogen) atoms. The van der Waals surface area contributed by atoms with Gasteiger partial charge in [0.25, 0.3) is 0 Å². The van der Waals surface area contributed by atoms with Gasteiger partial charge in [0.15, 0.2) is 0 Å². The van der Waals surface area contributed by atoms with Gasteiger partial charge in [-0.3, -0.25) is 0 Å². The van der Waals surface area contributed by atoms with Crippen molar-refractivity contribution in [3.8, 4) is 11.5 Å². The van der Waals surface area contributed by atoms with E-state index in [1.54, 1.807) is 7.11 Å². The van der Waals surface area contributed by atoms with Crippen molar-refractivity contribution in [1.82, 2.24) is 14.8 Å². The quantitative estimate of drug-likeness (QED) is 0.407. The molecule has 0 amide bonds. The highest BCUT2D eigenvalue weighted by atomic mass is 32.2. The summed E-state index contributed by atoms with van der Waals surface area (Å²) in [7, 11) is 1.68. The van der Waals surface area contributed by atoms with Crippen LogP contribution in [0.15, 0.2) is 89.6 Å². The molecule has 0 bridgehead atoms. The van der Waals surface area contributed by atoms with Crippen LogP contribution in [0.5, 0.6) is 11.5 Å². The summed E-state index contributed by atoms with van der Waals surface area (Å²) in [5.41, 5.74) is 5.34. The van der Waals surface area contributed by atoms with E-state index in [1.165, 1.54) is 11.8 Å². The van der Waals surface area contributed by atoms with Gasteiger partial charge in [-0.1, -0.05) is 66.4 Å². The smallest absolute Gasteiger partial charge is 0.227 e. The normalized spacial score (nSPS) is 18.5. The number of thioether (sulfide) groups is 1. The van der Waals surface area contributed by atoms with Crippen molar-refractivity contribution < 1.29 is 9.47 Å². The highest BCUT2D eigenvalue weighted by molar-refractivity contribution is 7.98. The number of ether oxygens (including phenoxy) is 2. The Bertz CT molecular complexity index is 1350. The Labute approximate surface area is 196 Å². The topological polar surface area (TPSA) is 61.2 Å². The number of methoxy groups -OCH3 is 1. The largest absolute Gasteiger partial charge is 0.497 e. The van der Waals surface area contributed by atoms with Crippen molar-refractivity contribution in [3.05, 3.63) is 101 Å². The summed E-state index contributed by atoms with van der Waals surface area (Å²) in [6, 6.07) is 26.4. The molecule has 6 rings (SSSR count). The minimum absolute atomic E-state index is 0.186. The first-order valence-corrected chi connectivity index (χ1v) is 12.0. The van der Waals surface area contributed by atoms with E-state index in [-0.39, 0.29) is 12.1 Å². The predicted octanol–water partition coefficient (Wildman–Crippen LogP) is 5.57. The van der Waals surface area contributed by atoms with Crippen LogP contribution in [0.3, 0.4) is 0 Å².